The molecule has 2 aromatic rings. The Hall–Kier alpha value is -1.34. The van der Waals surface area contributed by atoms with Crippen LogP contribution in [0.25, 0.3) is 10.8 Å². The summed E-state index contributed by atoms with van der Waals surface area (Å²) in [7, 11) is 0. The van der Waals surface area contributed by atoms with Crippen molar-refractivity contribution in [3.63, 3.8) is 0 Å². The van der Waals surface area contributed by atoms with Crippen molar-refractivity contribution in [2.45, 2.75) is 19.9 Å². The van der Waals surface area contributed by atoms with E-state index >= 15 is 0 Å². The molecule has 72 valence electrons. The second kappa shape index (κ2) is 3.43. The van der Waals surface area contributed by atoms with Crippen molar-refractivity contribution in [1.29, 1.82) is 0 Å². The molecule has 0 bridgehead atoms. The van der Waals surface area contributed by atoms with E-state index in [1.165, 1.54) is 21.9 Å². The minimum absolute atomic E-state index is 0.0982. The summed E-state index contributed by atoms with van der Waals surface area (Å²) >= 11 is 0. The second-order valence-corrected chi connectivity index (χ2v) is 3.81. The molecule has 2 rings (SSSR count). The monoisotopic (exact) mass is 185 g/mol. The molecule has 0 radical (unpaired) electrons. The lowest BCUT2D eigenvalue weighted by Crippen LogP contribution is -2.07. The van der Waals surface area contributed by atoms with Gasteiger partial charge >= 0.3 is 0 Å². The molecule has 2 N–H and O–H groups in total. The first-order valence-corrected chi connectivity index (χ1v) is 4.94. The SMILES string of the molecule is Cc1ccc2ccccc2c1[C@@H](C)N. The summed E-state index contributed by atoms with van der Waals surface area (Å²) < 4.78 is 0. The second-order valence-electron chi connectivity index (χ2n) is 3.81. The topological polar surface area (TPSA) is 26.0 Å². The summed E-state index contributed by atoms with van der Waals surface area (Å²) in [6.45, 7) is 4.15. The Balaban J connectivity index is 2.83. The molecule has 0 heterocycles. The molecule has 0 unspecified atom stereocenters. The van der Waals surface area contributed by atoms with E-state index in [2.05, 4.69) is 43.3 Å². The minimum atomic E-state index is 0.0982. The van der Waals surface area contributed by atoms with Crippen molar-refractivity contribution in [2.24, 2.45) is 5.73 Å². The first-order valence-electron chi connectivity index (χ1n) is 4.94. The van der Waals surface area contributed by atoms with E-state index in [0.29, 0.717) is 0 Å². The van der Waals surface area contributed by atoms with Crippen LogP contribution in [-0.4, -0.2) is 0 Å². The minimum Gasteiger partial charge on any atom is -0.324 e. The van der Waals surface area contributed by atoms with E-state index in [0.717, 1.165) is 0 Å². The number of fused-ring (bicyclic) bond motifs is 1. The molecule has 0 aromatic heterocycles. The van der Waals surface area contributed by atoms with E-state index < -0.39 is 0 Å². The number of hydrogen-bond donors (Lipinski definition) is 1. The summed E-state index contributed by atoms with van der Waals surface area (Å²) in [5, 5.41) is 2.55. The lowest BCUT2D eigenvalue weighted by molar-refractivity contribution is 0.819. The van der Waals surface area contributed by atoms with Gasteiger partial charge in [0.2, 0.25) is 0 Å². The van der Waals surface area contributed by atoms with Crippen molar-refractivity contribution in [3.05, 3.63) is 47.5 Å². The fourth-order valence-electron chi connectivity index (χ4n) is 2.01. The van der Waals surface area contributed by atoms with Crippen molar-refractivity contribution in [3.8, 4) is 0 Å². The maximum atomic E-state index is 5.98. The van der Waals surface area contributed by atoms with E-state index in [1.807, 2.05) is 6.92 Å². The van der Waals surface area contributed by atoms with Crippen molar-refractivity contribution in [1.82, 2.24) is 0 Å². The van der Waals surface area contributed by atoms with Crippen LogP contribution in [0.4, 0.5) is 0 Å². The highest BCUT2D eigenvalue weighted by Crippen LogP contribution is 2.25. The molecule has 1 nitrogen and oxygen atoms in total. The van der Waals surface area contributed by atoms with Crippen LogP contribution >= 0.6 is 0 Å². The van der Waals surface area contributed by atoms with Crippen LogP contribution in [0.2, 0.25) is 0 Å². The predicted octanol–water partition coefficient (Wildman–Crippen LogP) is 3.17. The molecular formula is C13H15N. The average molecular weight is 185 g/mol. The van der Waals surface area contributed by atoms with Crippen LogP contribution in [0.3, 0.4) is 0 Å². The van der Waals surface area contributed by atoms with Gasteiger partial charge < -0.3 is 5.73 Å². The van der Waals surface area contributed by atoms with Gasteiger partial charge in [-0.15, -0.1) is 0 Å². The number of rotatable bonds is 1. The third-order valence-corrected chi connectivity index (χ3v) is 2.64. The van der Waals surface area contributed by atoms with Gasteiger partial charge in [0.1, 0.15) is 0 Å². The van der Waals surface area contributed by atoms with Gasteiger partial charge in [0.05, 0.1) is 0 Å². The molecular weight excluding hydrogens is 170 g/mol. The normalized spacial score (nSPS) is 13.1. The third kappa shape index (κ3) is 1.40. The molecule has 1 heteroatoms. The van der Waals surface area contributed by atoms with Gasteiger partial charge in [-0.3, -0.25) is 0 Å². The van der Waals surface area contributed by atoms with E-state index in [-0.39, 0.29) is 6.04 Å². The van der Waals surface area contributed by atoms with Crippen molar-refractivity contribution >= 4 is 10.8 Å². The molecule has 0 saturated carbocycles. The van der Waals surface area contributed by atoms with Crippen LogP contribution in [0.1, 0.15) is 24.1 Å². The molecule has 0 spiro atoms. The number of aryl methyl sites for hydroxylation is 1. The first kappa shape index (κ1) is 9.22. The Labute approximate surface area is 84.5 Å². The number of hydrogen-bond acceptors (Lipinski definition) is 1. The molecule has 0 aliphatic rings. The summed E-state index contributed by atoms with van der Waals surface area (Å²) in [5.41, 5.74) is 8.52. The van der Waals surface area contributed by atoms with E-state index in [4.69, 9.17) is 5.73 Å². The fourth-order valence-corrected chi connectivity index (χ4v) is 2.01. The third-order valence-electron chi connectivity index (χ3n) is 2.64. The largest absolute Gasteiger partial charge is 0.324 e. The van der Waals surface area contributed by atoms with Gasteiger partial charge in [-0.2, -0.15) is 0 Å². The lowest BCUT2D eigenvalue weighted by Gasteiger charge is -2.13. The fraction of sp³-hybridized carbons (Fsp3) is 0.231. The molecule has 14 heavy (non-hydrogen) atoms. The highest BCUT2D eigenvalue weighted by atomic mass is 14.6. The summed E-state index contributed by atoms with van der Waals surface area (Å²) in [4.78, 5) is 0. The van der Waals surface area contributed by atoms with E-state index in [9.17, 15) is 0 Å². The van der Waals surface area contributed by atoms with Crippen LogP contribution in [0.5, 0.6) is 0 Å². The molecule has 0 fully saturated rings. The van der Waals surface area contributed by atoms with Crippen LogP contribution < -0.4 is 5.73 Å². The molecule has 1 atom stereocenters. The summed E-state index contributed by atoms with van der Waals surface area (Å²) in [5.74, 6) is 0. The summed E-state index contributed by atoms with van der Waals surface area (Å²) in [6.07, 6.45) is 0. The zero-order valence-electron chi connectivity index (χ0n) is 8.62. The van der Waals surface area contributed by atoms with Gasteiger partial charge in [-0.05, 0) is 35.7 Å². The Kier molecular flexibility index (Phi) is 2.26. The highest BCUT2D eigenvalue weighted by molar-refractivity contribution is 5.87. The van der Waals surface area contributed by atoms with Gasteiger partial charge in [0, 0.05) is 6.04 Å². The molecule has 0 saturated heterocycles. The molecule has 0 aliphatic heterocycles. The quantitative estimate of drug-likeness (QED) is 0.725. The van der Waals surface area contributed by atoms with Crippen molar-refractivity contribution < 1.29 is 0 Å². The maximum Gasteiger partial charge on any atom is 0.0274 e. The Morgan fingerprint density at radius 2 is 1.79 bits per heavy atom. The zero-order chi connectivity index (χ0) is 10.1. The predicted molar refractivity (Wildman–Crippen MR) is 61.3 cm³/mol. The van der Waals surface area contributed by atoms with Crippen LogP contribution in [0, 0.1) is 6.92 Å². The molecule has 0 amide bonds. The lowest BCUT2D eigenvalue weighted by atomic mass is 9.95. The van der Waals surface area contributed by atoms with Crippen molar-refractivity contribution in [2.75, 3.05) is 0 Å². The zero-order valence-corrected chi connectivity index (χ0v) is 8.62. The maximum absolute atomic E-state index is 5.98. The molecule has 2 aromatic carbocycles. The highest BCUT2D eigenvalue weighted by Gasteiger charge is 2.07. The Morgan fingerprint density at radius 1 is 1.07 bits per heavy atom. The standard InChI is InChI=1S/C13H15N/c1-9-7-8-11-5-3-4-6-12(11)13(9)10(2)14/h3-8,10H,14H2,1-2H3/t10-/m1/s1. The smallest absolute Gasteiger partial charge is 0.0274 e. The van der Waals surface area contributed by atoms with Gasteiger partial charge in [0.25, 0.3) is 0 Å². The summed E-state index contributed by atoms with van der Waals surface area (Å²) in [6, 6.07) is 12.8. The van der Waals surface area contributed by atoms with Gasteiger partial charge in [-0.25, -0.2) is 0 Å². The van der Waals surface area contributed by atoms with E-state index in [1.54, 1.807) is 0 Å². The number of benzene rings is 2. The Bertz CT molecular complexity index is 458. The first-order chi connectivity index (χ1) is 6.70. The van der Waals surface area contributed by atoms with Crippen LogP contribution in [0.15, 0.2) is 36.4 Å². The Morgan fingerprint density at radius 3 is 2.50 bits per heavy atom. The van der Waals surface area contributed by atoms with Gasteiger partial charge in [-0.1, -0.05) is 36.4 Å². The molecule has 0 aliphatic carbocycles. The van der Waals surface area contributed by atoms with Gasteiger partial charge in [0.15, 0.2) is 0 Å². The average Bonchev–Trinajstić information content (AvgIpc) is 2.17. The number of nitrogens with two attached hydrogens (primary N) is 1. The van der Waals surface area contributed by atoms with Crippen LogP contribution in [-0.2, 0) is 0 Å².